The molecule has 142 valence electrons. The Morgan fingerprint density at radius 2 is 1.62 bits per heavy atom. The Morgan fingerprint density at radius 3 is 2.15 bits per heavy atom. The summed E-state index contributed by atoms with van der Waals surface area (Å²) >= 11 is 0. The van der Waals surface area contributed by atoms with Crippen LogP contribution < -0.4 is 24.8 Å². The molecule has 0 saturated heterocycles. The van der Waals surface area contributed by atoms with Crippen LogP contribution in [0.1, 0.15) is 15.9 Å². The maximum absolute atomic E-state index is 12.3. The highest BCUT2D eigenvalue weighted by Gasteiger charge is 2.17. The number of benzene rings is 2. The quantitative estimate of drug-likeness (QED) is 0.654. The van der Waals surface area contributed by atoms with Crippen molar-refractivity contribution in [3.63, 3.8) is 0 Å². The lowest BCUT2D eigenvalue weighted by Crippen LogP contribution is -2.30. The number of rotatable bonds is 9. The van der Waals surface area contributed by atoms with Crippen molar-refractivity contribution in [3.05, 3.63) is 53.6 Å². The van der Waals surface area contributed by atoms with Crippen molar-refractivity contribution in [2.24, 2.45) is 0 Å². The van der Waals surface area contributed by atoms with E-state index in [9.17, 15) is 4.79 Å². The number of halogens is 1. The van der Waals surface area contributed by atoms with Crippen molar-refractivity contribution >= 4 is 18.3 Å². The van der Waals surface area contributed by atoms with Crippen LogP contribution in [0.3, 0.4) is 0 Å². The predicted octanol–water partition coefficient (Wildman–Crippen LogP) is 2.65. The summed E-state index contributed by atoms with van der Waals surface area (Å²) < 4.78 is 16.7. The maximum Gasteiger partial charge on any atom is 0.251 e. The van der Waals surface area contributed by atoms with Crippen molar-refractivity contribution in [1.82, 2.24) is 10.6 Å². The first-order chi connectivity index (χ1) is 12.2. The van der Waals surface area contributed by atoms with Crippen molar-refractivity contribution < 1.29 is 19.0 Å². The highest BCUT2D eigenvalue weighted by molar-refractivity contribution is 5.95. The fraction of sp³-hybridized carbons (Fsp3) is 0.316. The number of carbonyl (C=O) groups is 1. The highest BCUT2D eigenvalue weighted by Crippen LogP contribution is 2.39. The lowest BCUT2D eigenvalue weighted by molar-refractivity contribution is 0.0953. The topological polar surface area (TPSA) is 68.8 Å². The van der Waals surface area contributed by atoms with Gasteiger partial charge in [-0.25, -0.2) is 0 Å². The molecule has 0 fully saturated rings. The SMILES string of the molecule is CNCCNC(=O)c1cc(OC)c(OCc2ccccc2)c(OC)c1.Cl. The lowest BCUT2D eigenvalue weighted by Gasteiger charge is -2.16. The first-order valence-corrected chi connectivity index (χ1v) is 8.05. The number of amides is 1. The Kier molecular flexibility index (Phi) is 9.33. The molecule has 0 radical (unpaired) electrons. The van der Waals surface area contributed by atoms with E-state index < -0.39 is 0 Å². The molecule has 2 aromatic rings. The van der Waals surface area contributed by atoms with E-state index in [2.05, 4.69) is 10.6 Å². The molecule has 0 aliphatic heterocycles. The first kappa shape index (κ1) is 21.6. The van der Waals surface area contributed by atoms with E-state index in [-0.39, 0.29) is 18.3 Å². The second-order valence-electron chi connectivity index (χ2n) is 5.34. The number of methoxy groups -OCH3 is 2. The summed E-state index contributed by atoms with van der Waals surface area (Å²) in [6.07, 6.45) is 0. The van der Waals surface area contributed by atoms with Gasteiger partial charge in [0.25, 0.3) is 5.91 Å². The fourth-order valence-corrected chi connectivity index (χ4v) is 2.29. The van der Waals surface area contributed by atoms with Crippen LogP contribution in [0.25, 0.3) is 0 Å². The molecule has 7 heteroatoms. The largest absolute Gasteiger partial charge is 0.493 e. The van der Waals surface area contributed by atoms with Gasteiger partial charge in [0.2, 0.25) is 5.75 Å². The van der Waals surface area contributed by atoms with Gasteiger partial charge in [-0.1, -0.05) is 30.3 Å². The molecule has 6 nitrogen and oxygen atoms in total. The van der Waals surface area contributed by atoms with Crippen molar-refractivity contribution in [2.75, 3.05) is 34.4 Å². The average molecular weight is 381 g/mol. The van der Waals surface area contributed by atoms with E-state index in [0.717, 1.165) is 5.56 Å². The lowest BCUT2D eigenvalue weighted by atomic mass is 10.1. The molecule has 0 spiro atoms. The Bertz CT molecular complexity index is 670. The molecule has 1 amide bonds. The van der Waals surface area contributed by atoms with Gasteiger partial charge in [-0.2, -0.15) is 0 Å². The summed E-state index contributed by atoms with van der Waals surface area (Å²) in [5.74, 6) is 1.19. The smallest absolute Gasteiger partial charge is 0.251 e. The molecule has 0 atom stereocenters. The van der Waals surface area contributed by atoms with Gasteiger partial charge in [0.05, 0.1) is 14.2 Å². The van der Waals surface area contributed by atoms with Gasteiger partial charge in [0, 0.05) is 18.7 Å². The Hall–Kier alpha value is -2.44. The Morgan fingerprint density at radius 1 is 1.00 bits per heavy atom. The van der Waals surface area contributed by atoms with Crippen molar-refractivity contribution in [3.8, 4) is 17.2 Å². The van der Waals surface area contributed by atoms with Crippen LogP contribution in [0.5, 0.6) is 17.2 Å². The summed E-state index contributed by atoms with van der Waals surface area (Å²) in [5, 5.41) is 5.80. The number of ether oxygens (including phenoxy) is 3. The predicted molar refractivity (Wildman–Crippen MR) is 104 cm³/mol. The molecule has 2 rings (SSSR count). The van der Waals surface area contributed by atoms with Crippen molar-refractivity contribution in [2.45, 2.75) is 6.61 Å². The van der Waals surface area contributed by atoms with Crippen molar-refractivity contribution in [1.29, 1.82) is 0 Å². The average Bonchev–Trinajstić information content (AvgIpc) is 2.66. The minimum Gasteiger partial charge on any atom is -0.493 e. The van der Waals surface area contributed by atoms with Gasteiger partial charge >= 0.3 is 0 Å². The molecular weight excluding hydrogens is 356 g/mol. The molecule has 0 saturated carbocycles. The molecule has 0 bridgehead atoms. The van der Waals surface area contributed by atoms with Crippen LogP contribution in [-0.2, 0) is 6.61 Å². The van der Waals surface area contributed by atoms with E-state index in [0.29, 0.717) is 42.5 Å². The molecule has 26 heavy (non-hydrogen) atoms. The van der Waals surface area contributed by atoms with Crippen LogP contribution in [0.2, 0.25) is 0 Å². The summed E-state index contributed by atoms with van der Waals surface area (Å²) in [4.78, 5) is 12.3. The third-order valence-electron chi connectivity index (χ3n) is 3.61. The number of hydrogen-bond acceptors (Lipinski definition) is 5. The third kappa shape index (κ3) is 5.82. The highest BCUT2D eigenvalue weighted by atomic mass is 35.5. The van der Waals surface area contributed by atoms with E-state index in [1.807, 2.05) is 37.4 Å². The summed E-state index contributed by atoms with van der Waals surface area (Å²) in [6, 6.07) is 13.1. The van der Waals surface area contributed by atoms with Crippen LogP contribution in [0.15, 0.2) is 42.5 Å². The Labute approximate surface area is 160 Å². The van der Waals surface area contributed by atoms with E-state index >= 15 is 0 Å². The second kappa shape index (κ2) is 11.2. The maximum atomic E-state index is 12.3. The molecule has 0 aliphatic rings. The molecule has 0 aliphatic carbocycles. The van der Waals surface area contributed by atoms with E-state index in [1.165, 1.54) is 14.2 Å². The molecule has 2 aromatic carbocycles. The molecular formula is C19H25ClN2O4. The molecule has 2 N–H and O–H groups in total. The zero-order chi connectivity index (χ0) is 18.1. The Balaban J connectivity index is 0.00000338. The van der Waals surface area contributed by atoms with Crippen LogP contribution in [-0.4, -0.2) is 40.3 Å². The molecule has 0 unspecified atom stereocenters. The van der Waals surface area contributed by atoms with Crippen LogP contribution in [0.4, 0.5) is 0 Å². The van der Waals surface area contributed by atoms with Crippen LogP contribution >= 0.6 is 12.4 Å². The van der Waals surface area contributed by atoms with Gasteiger partial charge in [0.1, 0.15) is 6.61 Å². The first-order valence-electron chi connectivity index (χ1n) is 8.05. The van der Waals surface area contributed by atoms with Gasteiger partial charge < -0.3 is 24.8 Å². The number of hydrogen-bond donors (Lipinski definition) is 2. The minimum absolute atomic E-state index is 0. The van der Waals surface area contributed by atoms with Gasteiger partial charge in [-0.3, -0.25) is 4.79 Å². The number of likely N-dealkylation sites (N-methyl/N-ethyl adjacent to an activating group) is 1. The van der Waals surface area contributed by atoms with Gasteiger partial charge in [0.15, 0.2) is 11.5 Å². The van der Waals surface area contributed by atoms with Gasteiger partial charge in [-0.05, 0) is 24.7 Å². The third-order valence-corrected chi connectivity index (χ3v) is 3.61. The zero-order valence-electron chi connectivity index (χ0n) is 15.2. The zero-order valence-corrected chi connectivity index (χ0v) is 16.0. The summed E-state index contributed by atoms with van der Waals surface area (Å²) in [6.45, 7) is 1.60. The molecule has 0 heterocycles. The second-order valence-corrected chi connectivity index (χ2v) is 5.34. The standard InChI is InChI=1S/C19H24N2O4.ClH/c1-20-9-10-21-19(22)15-11-16(23-2)18(17(12-15)24-3)25-13-14-7-5-4-6-8-14;/h4-8,11-12,20H,9-10,13H2,1-3H3,(H,21,22);1H. The van der Waals surface area contributed by atoms with Crippen LogP contribution in [0, 0.1) is 0 Å². The van der Waals surface area contributed by atoms with E-state index in [4.69, 9.17) is 14.2 Å². The molecule has 0 aromatic heterocycles. The summed E-state index contributed by atoms with van der Waals surface area (Å²) in [5.41, 5.74) is 1.48. The van der Waals surface area contributed by atoms with Gasteiger partial charge in [-0.15, -0.1) is 12.4 Å². The number of nitrogens with one attached hydrogen (secondary N) is 2. The summed E-state index contributed by atoms with van der Waals surface area (Å²) in [7, 11) is 4.90. The number of carbonyl (C=O) groups excluding carboxylic acids is 1. The monoisotopic (exact) mass is 380 g/mol. The fourth-order valence-electron chi connectivity index (χ4n) is 2.29. The minimum atomic E-state index is -0.193. The van der Waals surface area contributed by atoms with E-state index in [1.54, 1.807) is 12.1 Å². The normalized spacial score (nSPS) is 9.81.